The summed E-state index contributed by atoms with van der Waals surface area (Å²) < 4.78 is 4.82. The van der Waals surface area contributed by atoms with Gasteiger partial charge in [-0.1, -0.05) is 17.7 Å². The molecule has 0 unspecified atom stereocenters. The van der Waals surface area contributed by atoms with Crippen LogP contribution in [0.5, 0.6) is 0 Å². The number of hydrogen-bond donors (Lipinski definition) is 0. The summed E-state index contributed by atoms with van der Waals surface area (Å²) in [5.74, 6) is -0.830. The smallest absolute Gasteiger partial charge is 0.325 e. The van der Waals surface area contributed by atoms with Crippen LogP contribution >= 0.6 is 11.6 Å². The van der Waals surface area contributed by atoms with Gasteiger partial charge in [-0.2, -0.15) is 0 Å². The molecule has 1 aromatic rings. The Kier molecular flexibility index (Phi) is 6.02. The van der Waals surface area contributed by atoms with Gasteiger partial charge in [-0.15, -0.1) is 6.58 Å². The fourth-order valence-electron chi connectivity index (χ4n) is 1.46. The summed E-state index contributed by atoms with van der Waals surface area (Å²) in [5.41, 5.74) is 0.294. The Bertz CT molecular complexity index is 477. The van der Waals surface area contributed by atoms with Crippen molar-refractivity contribution in [2.75, 3.05) is 19.7 Å². The van der Waals surface area contributed by atoms with Crippen LogP contribution in [0.15, 0.2) is 31.1 Å². The van der Waals surface area contributed by atoms with Crippen LogP contribution in [-0.4, -0.2) is 41.5 Å². The second-order valence-electron chi connectivity index (χ2n) is 3.63. The van der Waals surface area contributed by atoms with Crippen LogP contribution in [0.1, 0.15) is 17.3 Å². The maximum absolute atomic E-state index is 12.3. The van der Waals surface area contributed by atoms with E-state index in [2.05, 4.69) is 11.6 Å². The number of esters is 1. The van der Waals surface area contributed by atoms with Gasteiger partial charge in [0.1, 0.15) is 6.54 Å². The number of amides is 1. The zero-order chi connectivity index (χ0) is 14.3. The minimum absolute atomic E-state index is 0.142. The van der Waals surface area contributed by atoms with E-state index in [9.17, 15) is 9.59 Å². The second-order valence-corrected chi connectivity index (χ2v) is 4.04. The lowest BCUT2D eigenvalue weighted by Crippen LogP contribution is -2.36. The van der Waals surface area contributed by atoms with Crippen molar-refractivity contribution in [3.05, 3.63) is 41.7 Å². The lowest BCUT2D eigenvalue weighted by molar-refractivity contribution is -0.143. The molecule has 19 heavy (non-hydrogen) atoms. The second kappa shape index (κ2) is 7.53. The van der Waals surface area contributed by atoms with Gasteiger partial charge >= 0.3 is 5.97 Å². The van der Waals surface area contributed by atoms with Crippen molar-refractivity contribution in [1.29, 1.82) is 0 Å². The first-order valence-corrected chi connectivity index (χ1v) is 6.13. The van der Waals surface area contributed by atoms with E-state index in [4.69, 9.17) is 16.3 Å². The summed E-state index contributed by atoms with van der Waals surface area (Å²) in [5, 5.41) is 0.241. The SMILES string of the molecule is C=CCN(CC(=O)OCC)C(=O)c1ccncc1Cl. The normalized spacial score (nSPS) is 9.79. The number of halogens is 1. The molecule has 0 saturated heterocycles. The maximum Gasteiger partial charge on any atom is 0.325 e. The molecule has 0 spiro atoms. The van der Waals surface area contributed by atoms with Crippen molar-refractivity contribution in [3.63, 3.8) is 0 Å². The third-order valence-corrected chi connectivity index (χ3v) is 2.57. The summed E-state index contributed by atoms with van der Waals surface area (Å²) in [6.45, 7) is 5.63. The summed E-state index contributed by atoms with van der Waals surface area (Å²) in [4.78, 5) is 28.8. The largest absolute Gasteiger partial charge is 0.465 e. The van der Waals surface area contributed by atoms with Crippen LogP contribution < -0.4 is 0 Å². The number of nitrogens with zero attached hydrogens (tertiary/aromatic N) is 2. The van der Waals surface area contributed by atoms with Gasteiger partial charge in [0.2, 0.25) is 0 Å². The minimum Gasteiger partial charge on any atom is -0.465 e. The van der Waals surface area contributed by atoms with E-state index in [1.165, 1.54) is 29.4 Å². The van der Waals surface area contributed by atoms with Gasteiger partial charge in [0.05, 0.1) is 17.2 Å². The van der Waals surface area contributed by atoms with Crippen molar-refractivity contribution < 1.29 is 14.3 Å². The molecule has 0 aliphatic rings. The van der Waals surface area contributed by atoms with Crippen LogP contribution in [0, 0.1) is 0 Å². The third kappa shape index (κ3) is 4.37. The lowest BCUT2D eigenvalue weighted by Gasteiger charge is -2.20. The Morgan fingerprint density at radius 2 is 2.32 bits per heavy atom. The van der Waals surface area contributed by atoms with Crippen molar-refractivity contribution in [3.8, 4) is 0 Å². The first-order valence-electron chi connectivity index (χ1n) is 5.75. The first kappa shape index (κ1) is 15.2. The topological polar surface area (TPSA) is 59.5 Å². The Morgan fingerprint density at radius 1 is 1.58 bits per heavy atom. The molecule has 0 aliphatic carbocycles. The molecule has 1 rings (SSSR count). The lowest BCUT2D eigenvalue weighted by atomic mass is 10.2. The molecule has 0 fully saturated rings. The molecule has 0 aliphatic heterocycles. The van der Waals surface area contributed by atoms with Crippen LogP contribution in [0.3, 0.4) is 0 Å². The fraction of sp³-hybridized carbons (Fsp3) is 0.308. The molecule has 1 heterocycles. The van der Waals surface area contributed by atoms with Crippen molar-refractivity contribution in [2.24, 2.45) is 0 Å². The minimum atomic E-state index is -0.470. The molecule has 1 amide bonds. The molecule has 0 atom stereocenters. The van der Waals surface area contributed by atoms with Crippen LogP contribution in [0.4, 0.5) is 0 Å². The maximum atomic E-state index is 12.3. The molecule has 0 N–H and O–H groups in total. The highest BCUT2D eigenvalue weighted by atomic mass is 35.5. The molecule has 0 bridgehead atoms. The Morgan fingerprint density at radius 3 is 2.89 bits per heavy atom. The molecule has 0 radical (unpaired) electrons. The standard InChI is InChI=1S/C13H15ClN2O3/c1-3-7-16(9-12(17)19-4-2)13(18)10-5-6-15-8-11(10)14/h3,5-6,8H,1,4,7,9H2,2H3. The predicted octanol–water partition coefficient (Wildman–Crippen LogP) is 1.93. The number of pyridine rings is 1. The molecule has 1 aromatic heterocycles. The van der Waals surface area contributed by atoms with Gasteiger partial charge in [0, 0.05) is 18.9 Å². The number of hydrogen-bond acceptors (Lipinski definition) is 4. The fourth-order valence-corrected chi connectivity index (χ4v) is 1.66. The van der Waals surface area contributed by atoms with E-state index in [1.54, 1.807) is 6.92 Å². The summed E-state index contributed by atoms with van der Waals surface area (Å²) >= 11 is 5.91. The van der Waals surface area contributed by atoms with Gasteiger partial charge in [0.15, 0.2) is 0 Å². The molecule has 6 heteroatoms. The highest BCUT2D eigenvalue weighted by Crippen LogP contribution is 2.15. The zero-order valence-corrected chi connectivity index (χ0v) is 11.4. The van der Waals surface area contributed by atoms with Crippen LogP contribution in [0.25, 0.3) is 0 Å². The van der Waals surface area contributed by atoms with Crippen molar-refractivity contribution in [1.82, 2.24) is 9.88 Å². The number of carbonyl (C=O) groups excluding carboxylic acids is 2. The average Bonchev–Trinajstić information content (AvgIpc) is 2.38. The number of aromatic nitrogens is 1. The van der Waals surface area contributed by atoms with Crippen LogP contribution in [0.2, 0.25) is 5.02 Å². The number of rotatable bonds is 6. The zero-order valence-electron chi connectivity index (χ0n) is 10.6. The monoisotopic (exact) mass is 282 g/mol. The van der Waals surface area contributed by atoms with E-state index in [1.807, 2.05) is 0 Å². The molecular formula is C13H15ClN2O3. The molecular weight excluding hydrogens is 268 g/mol. The van der Waals surface area contributed by atoms with E-state index in [-0.39, 0.29) is 30.6 Å². The third-order valence-electron chi connectivity index (χ3n) is 2.26. The van der Waals surface area contributed by atoms with Gasteiger partial charge < -0.3 is 9.64 Å². The quantitative estimate of drug-likeness (QED) is 0.591. The Hall–Kier alpha value is -1.88. The molecule has 5 nitrogen and oxygen atoms in total. The molecule has 0 saturated carbocycles. The van der Waals surface area contributed by atoms with Gasteiger partial charge in [-0.25, -0.2) is 0 Å². The average molecular weight is 283 g/mol. The van der Waals surface area contributed by atoms with Crippen LogP contribution in [-0.2, 0) is 9.53 Å². The predicted molar refractivity (Wildman–Crippen MR) is 72.0 cm³/mol. The summed E-state index contributed by atoms with van der Waals surface area (Å²) in [6, 6.07) is 1.51. The van der Waals surface area contributed by atoms with Gasteiger partial charge in [-0.3, -0.25) is 14.6 Å². The van der Waals surface area contributed by atoms with Crippen molar-refractivity contribution >= 4 is 23.5 Å². The van der Waals surface area contributed by atoms with Gasteiger partial charge in [0.25, 0.3) is 5.91 Å². The van der Waals surface area contributed by atoms with E-state index in [0.29, 0.717) is 5.56 Å². The molecule has 0 aromatic carbocycles. The number of carbonyl (C=O) groups is 2. The Balaban J connectivity index is 2.87. The van der Waals surface area contributed by atoms with Crippen molar-refractivity contribution in [2.45, 2.75) is 6.92 Å². The molecule has 102 valence electrons. The van der Waals surface area contributed by atoms with Gasteiger partial charge in [-0.05, 0) is 13.0 Å². The van der Waals surface area contributed by atoms with E-state index in [0.717, 1.165) is 0 Å². The highest BCUT2D eigenvalue weighted by Gasteiger charge is 2.20. The summed E-state index contributed by atoms with van der Waals surface area (Å²) in [7, 11) is 0. The Labute approximate surface area is 116 Å². The number of ether oxygens (including phenoxy) is 1. The van der Waals surface area contributed by atoms with E-state index >= 15 is 0 Å². The van der Waals surface area contributed by atoms with E-state index < -0.39 is 5.97 Å². The highest BCUT2D eigenvalue weighted by molar-refractivity contribution is 6.33. The first-order chi connectivity index (χ1) is 9.10. The summed E-state index contributed by atoms with van der Waals surface area (Å²) in [6.07, 6.45) is 4.38.